The molecule has 3 heteroatoms. The molecule has 0 aliphatic rings. The van der Waals surface area contributed by atoms with E-state index in [2.05, 4.69) is 0 Å². The van der Waals surface area contributed by atoms with Crippen LogP contribution in [-0.4, -0.2) is 5.60 Å². The maximum atomic E-state index is 10.1. The first-order valence-electron chi connectivity index (χ1n) is 1.70. The molecule has 7 heavy (non-hydrogen) atoms. The normalized spacial score (nSPS) is 8.57. The van der Waals surface area contributed by atoms with Gasteiger partial charge in [0.2, 0.25) is 0 Å². The van der Waals surface area contributed by atoms with Gasteiger partial charge in [0.15, 0.2) is 0 Å². The van der Waals surface area contributed by atoms with Crippen molar-refractivity contribution in [3.8, 4) is 0 Å². The number of rotatable bonds is 0. The monoisotopic (exact) mass is 146 g/mol. The average molecular weight is 146 g/mol. The van der Waals surface area contributed by atoms with E-state index in [4.69, 9.17) is 0 Å². The van der Waals surface area contributed by atoms with Crippen LogP contribution in [0.25, 0.3) is 0 Å². The second kappa shape index (κ2) is 6.15. The van der Waals surface area contributed by atoms with Crippen LogP contribution in [0, 0.1) is 0 Å². The molecule has 0 saturated heterocycles. The maximum absolute atomic E-state index is 10.1. The molecule has 0 aromatic rings. The van der Waals surface area contributed by atoms with Crippen LogP contribution in [0.2, 0.25) is 0 Å². The molecule has 0 spiro atoms. The summed E-state index contributed by atoms with van der Waals surface area (Å²) in [6.45, 7) is 4.90. The predicted molar refractivity (Wildman–Crippen MR) is 30.9 cm³/mol. The Labute approximate surface area is 91.3 Å². The van der Waals surface area contributed by atoms with Crippen molar-refractivity contribution in [3.63, 3.8) is 0 Å². The van der Waals surface area contributed by atoms with Gasteiger partial charge < -0.3 is 5.11 Å². The zero-order chi connectivity index (χ0) is 4.50. The van der Waals surface area contributed by atoms with Crippen LogP contribution in [0.15, 0.2) is 0 Å². The molecule has 0 aromatic heterocycles. The second-order valence-electron chi connectivity index (χ2n) is 2.11. The maximum Gasteiger partial charge on any atom is 1.00 e. The topological polar surface area (TPSA) is 23.1 Å². The molecule has 0 bridgehead atoms. The molecule has 0 aliphatic carbocycles. The van der Waals surface area contributed by atoms with Crippen molar-refractivity contribution >= 4 is 9.90 Å². The standard InChI is InChI=1S/C4H9O.K.H3P/c1-4(2,3)5;;/h1-3H3;;1H3/q-1;+1;. The van der Waals surface area contributed by atoms with Crippen molar-refractivity contribution in [3.05, 3.63) is 0 Å². The molecular weight excluding hydrogens is 134 g/mol. The summed E-state index contributed by atoms with van der Waals surface area (Å²) in [4.78, 5) is 0. The van der Waals surface area contributed by atoms with E-state index in [0.29, 0.717) is 0 Å². The van der Waals surface area contributed by atoms with Gasteiger partial charge in [0, 0.05) is 0 Å². The fourth-order valence-corrected chi connectivity index (χ4v) is 0. The van der Waals surface area contributed by atoms with Crippen LogP contribution in [0.5, 0.6) is 0 Å². The Morgan fingerprint density at radius 3 is 1.14 bits per heavy atom. The van der Waals surface area contributed by atoms with E-state index in [-0.39, 0.29) is 61.3 Å². The second-order valence-corrected chi connectivity index (χ2v) is 2.11. The van der Waals surface area contributed by atoms with Gasteiger partial charge in [-0.3, -0.25) is 0 Å². The van der Waals surface area contributed by atoms with E-state index in [1.807, 2.05) is 0 Å². The molecular formula is C4H12KOP. The van der Waals surface area contributed by atoms with Gasteiger partial charge in [0.1, 0.15) is 0 Å². The summed E-state index contributed by atoms with van der Waals surface area (Å²) >= 11 is 0. The molecule has 1 unspecified atom stereocenters. The van der Waals surface area contributed by atoms with E-state index >= 15 is 0 Å². The molecule has 0 radical (unpaired) electrons. The number of hydrogen-bond donors (Lipinski definition) is 0. The van der Waals surface area contributed by atoms with E-state index in [0.717, 1.165) is 0 Å². The first-order valence-corrected chi connectivity index (χ1v) is 1.70. The van der Waals surface area contributed by atoms with Crippen molar-refractivity contribution in [2.24, 2.45) is 0 Å². The van der Waals surface area contributed by atoms with Gasteiger partial charge in [-0.25, -0.2) is 0 Å². The van der Waals surface area contributed by atoms with Crippen LogP contribution in [-0.2, 0) is 0 Å². The molecule has 1 nitrogen and oxygen atoms in total. The Bertz CT molecular complexity index is 27.2. The van der Waals surface area contributed by atoms with Crippen LogP contribution >= 0.6 is 9.90 Å². The molecule has 0 fully saturated rings. The molecule has 0 aliphatic heterocycles. The summed E-state index contributed by atoms with van der Waals surface area (Å²) in [5.74, 6) is 0. The van der Waals surface area contributed by atoms with Gasteiger partial charge in [-0.2, -0.15) is 9.90 Å². The average Bonchev–Trinajstić information content (AvgIpc) is 0.722. The minimum atomic E-state index is -0.750. The summed E-state index contributed by atoms with van der Waals surface area (Å²) in [7, 11) is 0. The molecule has 0 heterocycles. The van der Waals surface area contributed by atoms with Crippen LogP contribution in [0.3, 0.4) is 0 Å². The van der Waals surface area contributed by atoms with E-state index in [1.165, 1.54) is 0 Å². The fraction of sp³-hybridized carbons (Fsp3) is 1.00. The van der Waals surface area contributed by atoms with Crippen molar-refractivity contribution in [2.75, 3.05) is 0 Å². The zero-order valence-electron chi connectivity index (χ0n) is 5.62. The summed E-state index contributed by atoms with van der Waals surface area (Å²) in [6, 6.07) is 0. The third-order valence-corrected chi connectivity index (χ3v) is 0. The Kier molecular flexibility index (Phi) is 14.1. The molecule has 0 rings (SSSR count). The smallest absolute Gasteiger partial charge is 0.850 e. The molecule has 40 valence electrons. The summed E-state index contributed by atoms with van der Waals surface area (Å²) in [5.41, 5.74) is -0.750. The van der Waals surface area contributed by atoms with Crippen LogP contribution in [0.1, 0.15) is 20.8 Å². The Morgan fingerprint density at radius 1 is 1.14 bits per heavy atom. The third-order valence-electron chi connectivity index (χ3n) is 0. The molecule has 0 N–H and O–H groups in total. The van der Waals surface area contributed by atoms with Gasteiger partial charge in [-0.05, 0) is 0 Å². The van der Waals surface area contributed by atoms with Crippen molar-refractivity contribution < 1.29 is 56.5 Å². The largest absolute Gasteiger partial charge is 1.00 e. The Morgan fingerprint density at radius 2 is 1.14 bits per heavy atom. The molecule has 0 aromatic carbocycles. The zero-order valence-corrected chi connectivity index (χ0v) is 10.2. The molecule has 0 saturated carbocycles. The van der Waals surface area contributed by atoms with E-state index in [1.54, 1.807) is 20.8 Å². The summed E-state index contributed by atoms with van der Waals surface area (Å²) in [6.07, 6.45) is 0. The quantitative estimate of drug-likeness (QED) is 0.267. The van der Waals surface area contributed by atoms with E-state index < -0.39 is 5.60 Å². The van der Waals surface area contributed by atoms with E-state index in [9.17, 15) is 5.11 Å². The Balaban J connectivity index is -0.0000000800. The van der Waals surface area contributed by atoms with Crippen LogP contribution in [0.4, 0.5) is 0 Å². The predicted octanol–water partition coefficient (Wildman–Crippen LogP) is -2.79. The molecule has 1 atom stereocenters. The van der Waals surface area contributed by atoms with Gasteiger partial charge in [-0.15, -0.1) is 5.60 Å². The van der Waals surface area contributed by atoms with Crippen molar-refractivity contribution in [2.45, 2.75) is 26.4 Å². The summed E-state index contributed by atoms with van der Waals surface area (Å²) < 4.78 is 0. The first-order chi connectivity index (χ1) is 2.00. The van der Waals surface area contributed by atoms with Gasteiger partial charge >= 0.3 is 51.4 Å². The van der Waals surface area contributed by atoms with Gasteiger partial charge in [0.05, 0.1) is 0 Å². The minimum Gasteiger partial charge on any atom is -0.850 e. The van der Waals surface area contributed by atoms with Gasteiger partial charge in [-0.1, -0.05) is 20.8 Å². The fourth-order valence-electron chi connectivity index (χ4n) is 0. The Hall–Kier alpha value is 2.03. The van der Waals surface area contributed by atoms with Crippen molar-refractivity contribution in [1.82, 2.24) is 0 Å². The first kappa shape index (κ1) is 16.0. The SMILES string of the molecule is CC(C)(C)[O-].P.[K+]. The third kappa shape index (κ3) is 71.0. The number of hydrogen-bond acceptors (Lipinski definition) is 1. The van der Waals surface area contributed by atoms with Gasteiger partial charge in [0.25, 0.3) is 0 Å². The van der Waals surface area contributed by atoms with Crippen LogP contribution < -0.4 is 56.5 Å². The minimum absolute atomic E-state index is 0. The van der Waals surface area contributed by atoms with Crippen molar-refractivity contribution in [1.29, 1.82) is 0 Å². The molecule has 0 amide bonds. The summed E-state index contributed by atoms with van der Waals surface area (Å²) in [5, 5.41) is 10.1.